The van der Waals surface area contributed by atoms with Gasteiger partial charge in [0.2, 0.25) is 0 Å². The van der Waals surface area contributed by atoms with Gasteiger partial charge >= 0.3 is 6.03 Å². The van der Waals surface area contributed by atoms with Crippen LogP contribution in [0.1, 0.15) is 11.1 Å². The smallest absolute Gasteiger partial charge is 0.321 e. The number of amides is 2. The van der Waals surface area contributed by atoms with Crippen LogP contribution in [0.4, 0.5) is 10.5 Å². The summed E-state index contributed by atoms with van der Waals surface area (Å²) in [6.07, 6.45) is 0.940. The maximum Gasteiger partial charge on any atom is 0.321 e. The average Bonchev–Trinajstić information content (AvgIpc) is 2.74. The molecule has 2 aromatic carbocycles. The second kappa shape index (κ2) is 9.46. The Morgan fingerprint density at radius 1 is 0.964 bits per heavy atom. The van der Waals surface area contributed by atoms with Gasteiger partial charge in [-0.2, -0.15) is 0 Å². The minimum Gasteiger partial charge on any atom is -0.493 e. The van der Waals surface area contributed by atoms with Gasteiger partial charge < -0.3 is 19.7 Å². The predicted octanol–water partition coefficient (Wildman–Crippen LogP) is 3.40. The van der Waals surface area contributed by atoms with Gasteiger partial charge in [-0.25, -0.2) is 4.79 Å². The fourth-order valence-electron chi connectivity index (χ4n) is 3.34. The molecule has 1 aliphatic rings. The normalized spacial score (nSPS) is 14.6. The van der Waals surface area contributed by atoms with Gasteiger partial charge in [-0.3, -0.25) is 4.90 Å². The van der Waals surface area contributed by atoms with Gasteiger partial charge in [0.15, 0.2) is 11.5 Å². The van der Waals surface area contributed by atoms with Crippen LogP contribution in [0.3, 0.4) is 0 Å². The standard InChI is InChI=1S/C22H29N3O3/c1-17-4-7-19(8-5-17)23-22(26)25-14-12-24(13-15-25)11-10-18-6-9-20(27-2)21(16-18)28-3/h4-9,16H,10-15H2,1-3H3,(H,23,26). The maximum absolute atomic E-state index is 12.4. The van der Waals surface area contributed by atoms with Crippen molar-refractivity contribution in [1.29, 1.82) is 0 Å². The molecule has 1 heterocycles. The summed E-state index contributed by atoms with van der Waals surface area (Å²) in [5.74, 6) is 1.51. The lowest BCUT2D eigenvalue weighted by Gasteiger charge is -2.34. The fourth-order valence-corrected chi connectivity index (χ4v) is 3.34. The molecule has 6 heteroatoms. The van der Waals surface area contributed by atoms with Crippen LogP contribution in [-0.4, -0.2) is 62.8 Å². The number of carbonyl (C=O) groups is 1. The molecule has 2 aromatic rings. The van der Waals surface area contributed by atoms with E-state index in [0.717, 1.165) is 56.3 Å². The first kappa shape index (κ1) is 20.0. The maximum atomic E-state index is 12.4. The van der Waals surface area contributed by atoms with Crippen molar-refractivity contribution in [3.05, 3.63) is 53.6 Å². The SMILES string of the molecule is COc1ccc(CCN2CCN(C(=O)Nc3ccc(C)cc3)CC2)cc1OC. The molecular formula is C22H29N3O3. The fraction of sp³-hybridized carbons (Fsp3) is 0.409. The molecule has 6 nitrogen and oxygen atoms in total. The van der Waals surface area contributed by atoms with Gasteiger partial charge in [0.1, 0.15) is 0 Å². The van der Waals surface area contributed by atoms with Crippen molar-refractivity contribution in [2.75, 3.05) is 52.3 Å². The molecule has 0 bridgehead atoms. The highest BCUT2D eigenvalue weighted by Gasteiger charge is 2.21. The minimum absolute atomic E-state index is 0.0246. The van der Waals surface area contributed by atoms with E-state index in [9.17, 15) is 4.79 Å². The Bertz CT molecular complexity index is 784. The van der Waals surface area contributed by atoms with Gasteiger partial charge in [-0.15, -0.1) is 0 Å². The van der Waals surface area contributed by atoms with Crippen LogP contribution in [-0.2, 0) is 6.42 Å². The van der Waals surface area contributed by atoms with E-state index in [2.05, 4.69) is 16.3 Å². The van der Waals surface area contributed by atoms with E-state index < -0.39 is 0 Å². The van der Waals surface area contributed by atoms with Crippen LogP contribution >= 0.6 is 0 Å². The van der Waals surface area contributed by atoms with Crippen molar-refractivity contribution in [3.63, 3.8) is 0 Å². The number of urea groups is 1. The molecule has 3 rings (SSSR count). The number of hydrogen-bond acceptors (Lipinski definition) is 4. The molecule has 0 aliphatic carbocycles. The summed E-state index contributed by atoms with van der Waals surface area (Å²) in [4.78, 5) is 16.7. The number of benzene rings is 2. The first-order valence-electron chi connectivity index (χ1n) is 9.65. The molecule has 0 radical (unpaired) electrons. The Kier molecular flexibility index (Phi) is 6.76. The number of methoxy groups -OCH3 is 2. The molecule has 0 unspecified atom stereocenters. The van der Waals surface area contributed by atoms with Gasteiger partial charge in [0, 0.05) is 38.4 Å². The molecule has 0 atom stereocenters. The van der Waals surface area contributed by atoms with E-state index >= 15 is 0 Å². The lowest BCUT2D eigenvalue weighted by atomic mass is 10.1. The van der Waals surface area contributed by atoms with Crippen LogP contribution in [0.15, 0.2) is 42.5 Å². The van der Waals surface area contributed by atoms with Crippen LogP contribution in [0.2, 0.25) is 0 Å². The third kappa shape index (κ3) is 5.16. The second-order valence-electron chi connectivity index (χ2n) is 7.06. The Morgan fingerprint density at radius 2 is 1.64 bits per heavy atom. The summed E-state index contributed by atoms with van der Waals surface area (Å²) >= 11 is 0. The molecule has 28 heavy (non-hydrogen) atoms. The van der Waals surface area contributed by atoms with Crippen molar-refractivity contribution >= 4 is 11.7 Å². The molecule has 150 valence electrons. The summed E-state index contributed by atoms with van der Waals surface area (Å²) < 4.78 is 10.7. The first-order chi connectivity index (χ1) is 13.6. The predicted molar refractivity (Wildman–Crippen MR) is 111 cm³/mol. The summed E-state index contributed by atoms with van der Waals surface area (Å²) in [5.41, 5.74) is 3.24. The quantitative estimate of drug-likeness (QED) is 0.831. The number of nitrogens with zero attached hydrogens (tertiary/aromatic N) is 2. The zero-order chi connectivity index (χ0) is 19.9. The summed E-state index contributed by atoms with van der Waals surface area (Å²) in [6, 6.07) is 13.9. The van der Waals surface area contributed by atoms with E-state index in [0.29, 0.717) is 0 Å². The van der Waals surface area contributed by atoms with Crippen LogP contribution in [0.25, 0.3) is 0 Å². The van der Waals surface area contributed by atoms with Crippen molar-refractivity contribution in [1.82, 2.24) is 9.80 Å². The highest BCUT2D eigenvalue weighted by atomic mass is 16.5. The molecule has 0 saturated carbocycles. The highest BCUT2D eigenvalue weighted by Crippen LogP contribution is 2.27. The number of carbonyl (C=O) groups excluding carboxylic acids is 1. The highest BCUT2D eigenvalue weighted by molar-refractivity contribution is 5.89. The molecule has 1 fully saturated rings. The molecule has 1 saturated heterocycles. The lowest BCUT2D eigenvalue weighted by Crippen LogP contribution is -2.50. The first-order valence-corrected chi connectivity index (χ1v) is 9.65. The largest absolute Gasteiger partial charge is 0.493 e. The Morgan fingerprint density at radius 3 is 2.29 bits per heavy atom. The molecule has 0 spiro atoms. The summed E-state index contributed by atoms with van der Waals surface area (Å²) in [7, 11) is 3.30. The van der Waals surface area contributed by atoms with E-state index in [-0.39, 0.29) is 6.03 Å². The van der Waals surface area contributed by atoms with E-state index in [1.54, 1.807) is 14.2 Å². The third-order valence-corrected chi connectivity index (χ3v) is 5.13. The zero-order valence-corrected chi connectivity index (χ0v) is 16.9. The van der Waals surface area contributed by atoms with Crippen molar-refractivity contribution < 1.29 is 14.3 Å². The van der Waals surface area contributed by atoms with Crippen molar-refractivity contribution in [2.24, 2.45) is 0 Å². The Labute approximate surface area is 167 Å². The monoisotopic (exact) mass is 383 g/mol. The lowest BCUT2D eigenvalue weighted by molar-refractivity contribution is 0.148. The van der Waals surface area contributed by atoms with E-state index in [4.69, 9.17) is 9.47 Å². The zero-order valence-electron chi connectivity index (χ0n) is 16.9. The van der Waals surface area contributed by atoms with Crippen molar-refractivity contribution in [2.45, 2.75) is 13.3 Å². The second-order valence-corrected chi connectivity index (χ2v) is 7.06. The number of rotatable bonds is 6. The number of hydrogen-bond donors (Lipinski definition) is 1. The number of piperazine rings is 1. The molecule has 0 aromatic heterocycles. The van der Waals surface area contributed by atoms with Gasteiger partial charge in [-0.1, -0.05) is 23.8 Å². The average molecular weight is 383 g/mol. The van der Waals surface area contributed by atoms with Gasteiger partial charge in [0.05, 0.1) is 14.2 Å². The van der Waals surface area contributed by atoms with Gasteiger partial charge in [0.25, 0.3) is 0 Å². The van der Waals surface area contributed by atoms with Crippen molar-refractivity contribution in [3.8, 4) is 11.5 Å². The Balaban J connectivity index is 1.45. The topological polar surface area (TPSA) is 54.0 Å². The number of anilines is 1. The van der Waals surface area contributed by atoms with Crippen LogP contribution in [0, 0.1) is 6.92 Å². The van der Waals surface area contributed by atoms with Crippen LogP contribution < -0.4 is 14.8 Å². The minimum atomic E-state index is -0.0246. The van der Waals surface area contributed by atoms with E-state index in [1.165, 1.54) is 11.1 Å². The summed E-state index contributed by atoms with van der Waals surface area (Å²) in [5, 5.41) is 2.98. The third-order valence-electron chi connectivity index (χ3n) is 5.13. The van der Waals surface area contributed by atoms with Gasteiger partial charge in [-0.05, 0) is 43.2 Å². The molecule has 2 amide bonds. The van der Waals surface area contributed by atoms with E-state index in [1.807, 2.05) is 48.2 Å². The Hall–Kier alpha value is -2.73. The number of ether oxygens (including phenoxy) is 2. The molecule has 1 aliphatic heterocycles. The summed E-state index contributed by atoms with van der Waals surface area (Å²) in [6.45, 7) is 6.24. The molecule has 1 N–H and O–H groups in total. The van der Waals surface area contributed by atoms with Crippen LogP contribution in [0.5, 0.6) is 11.5 Å². The number of nitrogens with one attached hydrogen (secondary N) is 1. The number of aryl methyl sites for hydroxylation is 1. The molecular weight excluding hydrogens is 354 g/mol.